The Kier molecular flexibility index (Phi) is 2.40. The number of fused-ring (bicyclic) bond motifs is 1. The van der Waals surface area contributed by atoms with Crippen LogP contribution in [0.15, 0.2) is 18.2 Å². The highest BCUT2D eigenvalue weighted by Crippen LogP contribution is 2.21. The number of carbonyl (C=O) groups is 1. The molecule has 0 spiro atoms. The second kappa shape index (κ2) is 3.73. The van der Waals surface area contributed by atoms with Crippen molar-refractivity contribution < 1.29 is 9.72 Å². The molecule has 2 heterocycles. The van der Waals surface area contributed by atoms with Gasteiger partial charge in [-0.3, -0.25) is 4.40 Å². The normalized spacial score (nSPS) is 10.6. The van der Waals surface area contributed by atoms with Gasteiger partial charge in [0.2, 0.25) is 5.82 Å². The molecule has 0 amide bonds. The van der Waals surface area contributed by atoms with E-state index in [1.54, 1.807) is 29.5 Å². The maximum atomic E-state index is 10.8. The summed E-state index contributed by atoms with van der Waals surface area (Å²) in [5.41, 5.74) is 1.12. The Balaban J connectivity index is 2.78. The number of imidazole rings is 1. The third-order valence-corrected chi connectivity index (χ3v) is 2.36. The fraction of sp³-hybridized carbons (Fsp3) is 0.200. The van der Waals surface area contributed by atoms with Crippen LogP contribution in [-0.2, 0) is 11.2 Å². The van der Waals surface area contributed by atoms with E-state index < -0.39 is 4.92 Å². The molecule has 2 aromatic rings. The highest BCUT2D eigenvalue weighted by atomic mass is 16.6. The fourth-order valence-electron chi connectivity index (χ4n) is 1.75. The van der Waals surface area contributed by atoms with E-state index in [1.807, 2.05) is 0 Å². The second-order valence-electron chi connectivity index (χ2n) is 3.35. The monoisotopic (exact) mass is 219 g/mol. The fourth-order valence-corrected chi connectivity index (χ4v) is 1.75. The zero-order chi connectivity index (χ0) is 11.7. The van der Waals surface area contributed by atoms with Crippen molar-refractivity contribution >= 4 is 17.6 Å². The number of nitrogens with zero attached hydrogens (tertiary/aromatic N) is 3. The highest BCUT2D eigenvalue weighted by Gasteiger charge is 2.20. The lowest BCUT2D eigenvalue weighted by atomic mass is 10.2. The molecular weight excluding hydrogens is 210 g/mol. The largest absolute Gasteiger partial charge is 0.389 e. The van der Waals surface area contributed by atoms with Crippen molar-refractivity contribution in [1.29, 1.82) is 0 Å². The molecule has 2 rings (SSSR count). The minimum Gasteiger partial charge on any atom is -0.358 e. The predicted octanol–water partition coefficient (Wildman–Crippen LogP) is 1.29. The van der Waals surface area contributed by atoms with E-state index >= 15 is 0 Å². The summed E-state index contributed by atoms with van der Waals surface area (Å²) in [6.45, 7) is 1.67. The lowest BCUT2D eigenvalue weighted by Crippen LogP contribution is -1.99. The van der Waals surface area contributed by atoms with E-state index in [2.05, 4.69) is 4.98 Å². The zero-order valence-corrected chi connectivity index (χ0v) is 8.58. The van der Waals surface area contributed by atoms with Crippen LogP contribution >= 0.6 is 0 Å². The zero-order valence-electron chi connectivity index (χ0n) is 8.58. The van der Waals surface area contributed by atoms with Crippen LogP contribution in [-0.4, -0.2) is 20.6 Å². The number of rotatable bonds is 3. The van der Waals surface area contributed by atoms with Crippen molar-refractivity contribution in [1.82, 2.24) is 9.38 Å². The SMILES string of the molecule is Cc1nc([N+](=O)[O-])c2cccc(CC=O)n12. The topological polar surface area (TPSA) is 77.5 Å². The number of hydrogen-bond donors (Lipinski definition) is 0. The van der Waals surface area contributed by atoms with Crippen molar-refractivity contribution in [2.45, 2.75) is 13.3 Å². The van der Waals surface area contributed by atoms with E-state index in [1.165, 1.54) is 0 Å². The summed E-state index contributed by atoms with van der Waals surface area (Å²) >= 11 is 0. The molecular formula is C10H9N3O3. The molecule has 0 saturated carbocycles. The summed E-state index contributed by atoms with van der Waals surface area (Å²) in [6, 6.07) is 5.05. The lowest BCUT2D eigenvalue weighted by Gasteiger charge is -2.00. The number of hydrogen-bond acceptors (Lipinski definition) is 4. The minimum atomic E-state index is -0.521. The molecule has 0 unspecified atom stereocenters. The molecule has 82 valence electrons. The first-order valence-corrected chi connectivity index (χ1v) is 4.70. The summed E-state index contributed by atoms with van der Waals surface area (Å²) in [7, 11) is 0. The smallest absolute Gasteiger partial charge is 0.358 e. The van der Waals surface area contributed by atoms with E-state index in [-0.39, 0.29) is 12.2 Å². The quantitative estimate of drug-likeness (QED) is 0.442. The number of aromatic nitrogens is 2. The van der Waals surface area contributed by atoms with Crippen molar-refractivity contribution in [3.05, 3.63) is 39.8 Å². The Morgan fingerprint density at radius 2 is 2.31 bits per heavy atom. The number of carbonyl (C=O) groups excluding carboxylic acids is 1. The standard InChI is InChI=1S/C10H9N3O3/c1-7-11-10(13(15)16)9-4-2-3-8(5-6-14)12(7)9/h2-4,6H,5H2,1H3. The van der Waals surface area contributed by atoms with Gasteiger partial charge in [-0.05, 0) is 22.0 Å². The van der Waals surface area contributed by atoms with Crippen molar-refractivity contribution in [2.24, 2.45) is 0 Å². The van der Waals surface area contributed by atoms with E-state index in [0.717, 1.165) is 6.29 Å². The summed E-state index contributed by atoms with van der Waals surface area (Å²) in [5.74, 6) is 0.337. The molecule has 0 radical (unpaired) electrons. The van der Waals surface area contributed by atoms with Gasteiger partial charge in [-0.25, -0.2) is 0 Å². The van der Waals surface area contributed by atoms with Crippen LogP contribution < -0.4 is 0 Å². The molecule has 0 fully saturated rings. The summed E-state index contributed by atoms with van der Waals surface area (Å²) < 4.78 is 1.63. The molecule has 6 nitrogen and oxygen atoms in total. The lowest BCUT2D eigenvalue weighted by molar-refractivity contribution is -0.387. The Labute approximate surface area is 90.7 Å². The number of aryl methyl sites for hydroxylation is 1. The Morgan fingerprint density at radius 3 is 2.94 bits per heavy atom. The summed E-state index contributed by atoms with van der Waals surface area (Å²) in [6.07, 6.45) is 0.978. The maximum Gasteiger partial charge on any atom is 0.389 e. The van der Waals surface area contributed by atoms with Crippen LogP contribution in [0.4, 0.5) is 5.82 Å². The number of pyridine rings is 1. The van der Waals surface area contributed by atoms with Gasteiger partial charge in [0.25, 0.3) is 0 Å². The van der Waals surface area contributed by atoms with Gasteiger partial charge in [-0.1, -0.05) is 6.07 Å². The highest BCUT2D eigenvalue weighted by molar-refractivity contribution is 5.64. The molecule has 0 N–H and O–H groups in total. The van der Waals surface area contributed by atoms with Gasteiger partial charge in [0.15, 0.2) is 0 Å². The molecule has 6 heteroatoms. The molecule has 0 aliphatic rings. The van der Waals surface area contributed by atoms with Gasteiger partial charge >= 0.3 is 5.82 Å². The van der Waals surface area contributed by atoms with Gasteiger partial charge in [0, 0.05) is 19.0 Å². The van der Waals surface area contributed by atoms with Crippen LogP contribution in [0, 0.1) is 17.0 Å². The van der Waals surface area contributed by atoms with E-state index in [4.69, 9.17) is 0 Å². The molecule has 2 aromatic heterocycles. The molecule has 0 aliphatic carbocycles. The average Bonchev–Trinajstić information content (AvgIpc) is 2.58. The average molecular weight is 219 g/mol. The Bertz CT molecular complexity index is 574. The molecule has 0 aliphatic heterocycles. The third kappa shape index (κ3) is 1.44. The number of aldehydes is 1. The van der Waals surface area contributed by atoms with Crippen LogP contribution in [0.5, 0.6) is 0 Å². The number of nitro groups is 1. The van der Waals surface area contributed by atoms with Crippen LogP contribution in [0.3, 0.4) is 0 Å². The van der Waals surface area contributed by atoms with Crippen LogP contribution in [0.2, 0.25) is 0 Å². The van der Waals surface area contributed by atoms with Crippen molar-refractivity contribution in [3.8, 4) is 0 Å². The van der Waals surface area contributed by atoms with E-state index in [9.17, 15) is 14.9 Å². The van der Waals surface area contributed by atoms with Crippen molar-refractivity contribution in [2.75, 3.05) is 0 Å². The summed E-state index contributed by atoms with van der Waals surface area (Å²) in [4.78, 5) is 24.6. The van der Waals surface area contributed by atoms with Crippen LogP contribution in [0.25, 0.3) is 5.52 Å². The Hall–Kier alpha value is -2.24. The minimum absolute atomic E-state index is 0.176. The predicted molar refractivity (Wildman–Crippen MR) is 56.4 cm³/mol. The summed E-state index contributed by atoms with van der Waals surface area (Å²) in [5, 5.41) is 10.8. The Morgan fingerprint density at radius 1 is 1.56 bits per heavy atom. The van der Waals surface area contributed by atoms with Gasteiger partial charge in [0.05, 0.1) is 0 Å². The van der Waals surface area contributed by atoms with Gasteiger partial charge in [-0.2, -0.15) is 0 Å². The van der Waals surface area contributed by atoms with Gasteiger partial charge < -0.3 is 14.9 Å². The van der Waals surface area contributed by atoms with Gasteiger partial charge in [0.1, 0.15) is 11.8 Å². The first-order chi connectivity index (χ1) is 7.65. The molecule has 16 heavy (non-hydrogen) atoms. The maximum absolute atomic E-state index is 10.8. The van der Waals surface area contributed by atoms with Crippen LogP contribution in [0.1, 0.15) is 11.5 Å². The first kappa shape index (κ1) is 10.3. The second-order valence-corrected chi connectivity index (χ2v) is 3.35. The molecule has 0 saturated heterocycles. The molecule has 0 atom stereocenters. The van der Waals surface area contributed by atoms with Gasteiger partial charge in [-0.15, -0.1) is 0 Å². The van der Waals surface area contributed by atoms with E-state index in [0.29, 0.717) is 17.0 Å². The third-order valence-electron chi connectivity index (χ3n) is 2.36. The molecule has 0 aromatic carbocycles. The van der Waals surface area contributed by atoms with Crippen molar-refractivity contribution in [3.63, 3.8) is 0 Å². The first-order valence-electron chi connectivity index (χ1n) is 4.70. The molecule has 0 bridgehead atoms.